The van der Waals surface area contributed by atoms with Crippen molar-refractivity contribution < 1.29 is 24.4 Å². The van der Waals surface area contributed by atoms with E-state index >= 15 is 4.57 Å². The molecule has 0 aromatic heterocycles. The van der Waals surface area contributed by atoms with E-state index in [9.17, 15) is 15.3 Å². The largest absolute Gasteiger partial charge is 0.508 e. The van der Waals surface area contributed by atoms with Crippen LogP contribution in [0, 0.1) is 0 Å². The number of hydrogen-bond acceptors (Lipinski definition) is 5. The van der Waals surface area contributed by atoms with Crippen LogP contribution >= 0.6 is 7.67 Å². The van der Waals surface area contributed by atoms with Gasteiger partial charge >= 0.3 is 7.67 Å². The average molecular weight is 557 g/mol. The zero-order valence-corrected chi connectivity index (χ0v) is 22.9. The summed E-state index contributed by atoms with van der Waals surface area (Å²) in [6.07, 6.45) is -0.462. The number of nitrogens with zero attached hydrogens (tertiary/aromatic N) is 2. The van der Waals surface area contributed by atoms with Gasteiger partial charge in [-0.2, -0.15) is 0 Å². The van der Waals surface area contributed by atoms with E-state index in [-0.39, 0.29) is 24.1 Å². The fraction of sp³-hybridized carbons (Fsp3) is 0.250. The molecule has 0 radical (unpaired) electrons. The number of fused-ring (bicyclic) bond motifs is 2. The topological polar surface area (TPSA) is 93.5 Å². The molecule has 2 aliphatic heterocycles. The lowest BCUT2D eigenvalue weighted by Crippen LogP contribution is -2.53. The third-order valence-electron chi connectivity index (χ3n) is 7.92. The van der Waals surface area contributed by atoms with Crippen LogP contribution in [0.3, 0.4) is 0 Å². The molecular weight excluding hydrogens is 523 g/mol. The molecule has 0 saturated carbocycles. The van der Waals surface area contributed by atoms with Gasteiger partial charge in [-0.1, -0.05) is 84.9 Å². The SMILES string of the molecule is O=P12O[C@H]([C@@H](O)[C@@H](Cc3ccccc3)N1Cc1ccc(O)cc1)[C@@H](Cc1ccccc1)N2Cc1ccc(O)cc1. The van der Waals surface area contributed by atoms with Crippen LogP contribution in [0.25, 0.3) is 0 Å². The van der Waals surface area contributed by atoms with Crippen molar-refractivity contribution in [2.75, 3.05) is 0 Å². The molecule has 0 spiro atoms. The predicted octanol–water partition coefficient (Wildman–Crippen LogP) is 5.51. The Morgan fingerprint density at radius 3 is 1.50 bits per heavy atom. The van der Waals surface area contributed by atoms with E-state index in [2.05, 4.69) is 0 Å². The van der Waals surface area contributed by atoms with Gasteiger partial charge in [0.2, 0.25) is 0 Å². The van der Waals surface area contributed by atoms with Gasteiger partial charge in [0.05, 0.1) is 18.2 Å². The standard InChI is InChI=1S/C32H33N2O5P/c35-27-15-11-25(12-16-27)21-33-29(19-23-7-3-1-4-8-23)31(37)32-30(20-24-9-5-2-6-10-24)34(40(33,38)39-32)22-26-13-17-28(36)18-14-26/h1-18,29-32,35-37H,19-22H2/t29-,30-,31+,32+,40?/m1/s1. The molecule has 1 unspecified atom stereocenters. The summed E-state index contributed by atoms with van der Waals surface area (Å²) < 4.78 is 25.4. The zero-order valence-electron chi connectivity index (χ0n) is 22.0. The van der Waals surface area contributed by atoms with Crippen LogP contribution in [0.5, 0.6) is 11.5 Å². The molecule has 40 heavy (non-hydrogen) atoms. The first-order chi connectivity index (χ1) is 19.4. The Morgan fingerprint density at radius 2 is 1.02 bits per heavy atom. The van der Waals surface area contributed by atoms with Gasteiger partial charge < -0.3 is 15.3 Å². The Morgan fingerprint density at radius 1 is 0.600 bits per heavy atom. The number of hydrogen-bond donors (Lipinski definition) is 3. The van der Waals surface area contributed by atoms with Crippen molar-refractivity contribution in [3.05, 3.63) is 131 Å². The molecule has 0 amide bonds. The molecule has 6 rings (SSSR count). The number of rotatable bonds is 8. The summed E-state index contributed by atoms with van der Waals surface area (Å²) in [5.74, 6) is 0.323. The van der Waals surface area contributed by atoms with Gasteiger partial charge in [0, 0.05) is 13.1 Å². The lowest BCUT2D eigenvalue weighted by molar-refractivity contribution is -0.0378. The maximum Gasteiger partial charge on any atom is 0.347 e. The van der Waals surface area contributed by atoms with Crippen molar-refractivity contribution in [1.82, 2.24) is 9.34 Å². The summed E-state index contributed by atoms with van der Waals surface area (Å²) in [5, 5.41) is 31.6. The predicted molar refractivity (Wildman–Crippen MR) is 154 cm³/mol. The first-order valence-electron chi connectivity index (χ1n) is 13.5. The van der Waals surface area contributed by atoms with Crippen molar-refractivity contribution in [3.63, 3.8) is 0 Å². The summed E-state index contributed by atoms with van der Waals surface area (Å²) in [5.41, 5.74) is 3.86. The van der Waals surface area contributed by atoms with Crippen LogP contribution in [0.2, 0.25) is 0 Å². The van der Waals surface area contributed by atoms with Gasteiger partial charge in [0.15, 0.2) is 0 Å². The van der Waals surface area contributed by atoms with Gasteiger partial charge in [-0.15, -0.1) is 0 Å². The molecule has 2 bridgehead atoms. The molecule has 2 fully saturated rings. The minimum absolute atomic E-state index is 0.156. The van der Waals surface area contributed by atoms with Gasteiger partial charge in [-0.05, 0) is 59.4 Å². The number of phenolic OH excluding ortho intramolecular Hbond substituents is 2. The van der Waals surface area contributed by atoms with Gasteiger partial charge in [-0.3, -0.25) is 9.09 Å². The average Bonchev–Trinajstić information content (AvgIpc) is 3.22. The molecule has 4 aromatic carbocycles. The van der Waals surface area contributed by atoms with Crippen LogP contribution < -0.4 is 0 Å². The van der Waals surface area contributed by atoms with Gasteiger partial charge in [0.1, 0.15) is 17.6 Å². The van der Waals surface area contributed by atoms with Gasteiger partial charge in [0.25, 0.3) is 0 Å². The lowest BCUT2D eigenvalue weighted by atomic mass is 9.91. The summed E-state index contributed by atoms with van der Waals surface area (Å²) in [7, 11) is -3.64. The summed E-state index contributed by atoms with van der Waals surface area (Å²) >= 11 is 0. The second-order valence-electron chi connectivity index (χ2n) is 10.6. The smallest absolute Gasteiger partial charge is 0.347 e. The molecule has 2 aliphatic rings. The molecule has 206 valence electrons. The van der Waals surface area contributed by atoms with E-state index < -0.39 is 25.9 Å². The third kappa shape index (κ3) is 5.31. The number of phenols is 2. The van der Waals surface area contributed by atoms with Crippen molar-refractivity contribution in [1.29, 1.82) is 0 Å². The van der Waals surface area contributed by atoms with Crippen LogP contribution in [0.1, 0.15) is 22.3 Å². The third-order valence-corrected chi connectivity index (χ3v) is 10.6. The normalized spacial score (nSPS) is 26.6. The van der Waals surface area contributed by atoms with E-state index in [1.54, 1.807) is 36.4 Å². The minimum Gasteiger partial charge on any atom is -0.508 e. The van der Waals surface area contributed by atoms with Crippen molar-refractivity contribution in [2.45, 2.75) is 50.2 Å². The highest BCUT2D eigenvalue weighted by Crippen LogP contribution is 2.67. The molecule has 2 heterocycles. The first kappa shape index (κ1) is 26.8. The second-order valence-corrected chi connectivity index (χ2v) is 12.8. The highest BCUT2D eigenvalue weighted by molar-refractivity contribution is 7.54. The molecule has 5 atom stereocenters. The molecule has 4 aromatic rings. The summed E-state index contributed by atoms with van der Waals surface area (Å²) in [6, 6.07) is 32.9. The highest BCUT2D eigenvalue weighted by atomic mass is 31.2. The Labute approximate surface area is 234 Å². The monoisotopic (exact) mass is 556 g/mol. The quantitative estimate of drug-likeness (QED) is 0.247. The van der Waals surface area contributed by atoms with Crippen LogP contribution in [0.4, 0.5) is 0 Å². The number of benzene rings is 4. The van der Waals surface area contributed by atoms with E-state index in [0.717, 1.165) is 22.3 Å². The van der Waals surface area contributed by atoms with Crippen molar-refractivity contribution in [3.8, 4) is 11.5 Å². The molecule has 8 heteroatoms. The molecule has 7 nitrogen and oxygen atoms in total. The molecular formula is C32H33N2O5P. The Hall–Kier alpha value is -3.45. The maximum atomic E-state index is 15.2. The lowest BCUT2D eigenvalue weighted by Gasteiger charge is -2.43. The van der Waals surface area contributed by atoms with Crippen LogP contribution in [0.15, 0.2) is 109 Å². The van der Waals surface area contributed by atoms with E-state index in [1.165, 1.54) is 0 Å². The van der Waals surface area contributed by atoms with Crippen LogP contribution in [-0.4, -0.2) is 49.0 Å². The van der Waals surface area contributed by atoms with Crippen molar-refractivity contribution in [2.24, 2.45) is 0 Å². The molecule has 2 saturated heterocycles. The number of aromatic hydroxyl groups is 2. The second kappa shape index (κ2) is 11.2. The maximum absolute atomic E-state index is 15.2. The highest BCUT2D eigenvalue weighted by Gasteiger charge is 2.62. The fourth-order valence-corrected chi connectivity index (χ4v) is 8.86. The molecule has 0 aliphatic carbocycles. The number of aliphatic hydroxyl groups is 1. The Balaban J connectivity index is 1.43. The summed E-state index contributed by atoms with van der Waals surface area (Å²) in [6.45, 7) is 0.616. The van der Waals surface area contributed by atoms with E-state index in [0.29, 0.717) is 19.4 Å². The van der Waals surface area contributed by atoms with Crippen molar-refractivity contribution >= 4 is 7.67 Å². The van der Waals surface area contributed by atoms with Gasteiger partial charge in [-0.25, -0.2) is 9.34 Å². The van der Waals surface area contributed by atoms with Crippen LogP contribution in [-0.2, 0) is 35.0 Å². The van der Waals surface area contributed by atoms with E-state index in [1.807, 2.05) is 82.1 Å². The fourth-order valence-electron chi connectivity index (χ4n) is 5.88. The molecule has 3 N–H and O–H groups in total. The number of aliphatic hydroxyl groups excluding tert-OH is 1. The minimum atomic E-state index is -3.64. The van der Waals surface area contributed by atoms with E-state index in [4.69, 9.17) is 4.52 Å². The Bertz CT molecular complexity index is 1430. The zero-order chi connectivity index (χ0) is 27.7. The first-order valence-corrected chi connectivity index (χ1v) is 15.1. The summed E-state index contributed by atoms with van der Waals surface area (Å²) in [4.78, 5) is 0. The Kier molecular flexibility index (Phi) is 7.49.